The summed E-state index contributed by atoms with van der Waals surface area (Å²) in [4.78, 5) is 0. The highest BCUT2D eigenvalue weighted by Crippen LogP contribution is 2.31. The van der Waals surface area contributed by atoms with Crippen LogP contribution in [0.1, 0.15) is 29.9 Å². The van der Waals surface area contributed by atoms with Crippen LogP contribution < -0.4 is 0 Å². The van der Waals surface area contributed by atoms with Gasteiger partial charge in [0, 0.05) is 5.92 Å². The van der Waals surface area contributed by atoms with Crippen LogP contribution in [0.3, 0.4) is 0 Å². The summed E-state index contributed by atoms with van der Waals surface area (Å²) in [5.41, 5.74) is 2.47. The summed E-state index contributed by atoms with van der Waals surface area (Å²) in [6, 6.07) is 20.6. The maximum Gasteiger partial charge on any atom is 0.0505 e. The molecule has 0 aliphatic rings. The summed E-state index contributed by atoms with van der Waals surface area (Å²) in [6.07, 6.45) is 0. The third kappa shape index (κ3) is 2.75. The molecule has 0 spiro atoms. The van der Waals surface area contributed by atoms with Crippen LogP contribution in [0.2, 0.25) is 0 Å². The average molecular weight is 226 g/mol. The molecular weight excluding hydrogens is 208 g/mol. The Bertz CT molecular complexity index is 436. The van der Waals surface area contributed by atoms with E-state index in [0.717, 1.165) is 0 Å². The molecule has 1 N–H and O–H groups in total. The molecule has 0 aliphatic carbocycles. The Morgan fingerprint density at radius 1 is 0.824 bits per heavy atom. The lowest BCUT2D eigenvalue weighted by Crippen LogP contribution is -2.12. The van der Waals surface area contributed by atoms with Crippen molar-refractivity contribution in [2.75, 3.05) is 6.61 Å². The van der Waals surface area contributed by atoms with Crippen LogP contribution in [0.25, 0.3) is 0 Å². The van der Waals surface area contributed by atoms with Gasteiger partial charge in [-0.25, -0.2) is 0 Å². The average Bonchev–Trinajstić information content (AvgIpc) is 2.42. The van der Waals surface area contributed by atoms with Crippen molar-refractivity contribution in [1.29, 1.82) is 0 Å². The summed E-state index contributed by atoms with van der Waals surface area (Å²) in [5, 5.41) is 9.61. The molecule has 0 bridgehead atoms. The molecule has 0 saturated heterocycles. The minimum absolute atomic E-state index is 0.165. The van der Waals surface area contributed by atoms with Crippen molar-refractivity contribution in [3.63, 3.8) is 0 Å². The van der Waals surface area contributed by atoms with Gasteiger partial charge in [0.25, 0.3) is 0 Å². The topological polar surface area (TPSA) is 20.2 Å². The first-order valence-corrected chi connectivity index (χ1v) is 6.03. The minimum atomic E-state index is 0.165. The number of hydrogen-bond acceptors (Lipinski definition) is 1. The Hall–Kier alpha value is -1.60. The normalized spacial score (nSPS) is 14.2. The van der Waals surface area contributed by atoms with Crippen molar-refractivity contribution < 1.29 is 5.11 Å². The molecule has 0 radical (unpaired) electrons. The van der Waals surface area contributed by atoms with E-state index in [1.165, 1.54) is 11.1 Å². The fourth-order valence-electron chi connectivity index (χ4n) is 2.24. The quantitative estimate of drug-likeness (QED) is 0.845. The summed E-state index contributed by atoms with van der Waals surface area (Å²) in [5.74, 6) is 0.488. The van der Waals surface area contributed by atoms with Gasteiger partial charge in [-0.3, -0.25) is 0 Å². The highest BCUT2D eigenvalue weighted by atomic mass is 16.3. The zero-order chi connectivity index (χ0) is 12.1. The Balaban J connectivity index is 2.25. The number of aliphatic hydroxyl groups is 1. The van der Waals surface area contributed by atoms with Crippen molar-refractivity contribution in [2.45, 2.75) is 18.8 Å². The van der Waals surface area contributed by atoms with E-state index in [1.807, 2.05) is 36.4 Å². The van der Waals surface area contributed by atoms with E-state index in [1.54, 1.807) is 0 Å². The number of rotatable bonds is 4. The largest absolute Gasteiger partial charge is 0.396 e. The Kier molecular flexibility index (Phi) is 3.94. The maximum absolute atomic E-state index is 9.61. The Labute approximate surface area is 103 Å². The molecule has 0 aliphatic heterocycles. The van der Waals surface area contributed by atoms with E-state index in [9.17, 15) is 5.11 Å². The molecule has 0 heterocycles. The van der Waals surface area contributed by atoms with Gasteiger partial charge in [0.1, 0.15) is 0 Å². The van der Waals surface area contributed by atoms with Gasteiger partial charge in [0.2, 0.25) is 0 Å². The molecule has 0 unspecified atom stereocenters. The minimum Gasteiger partial charge on any atom is -0.396 e. The number of aliphatic hydroxyl groups excluding tert-OH is 1. The maximum atomic E-state index is 9.61. The van der Waals surface area contributed by atoms with Crippen molar-refractivity contribution in [3.8, 4) is 0 Å². The van der Waals surface area contributed by atoms with E-state index in [0.29, 0.717) is 5.92 Å². The second-order valence-electron chi connectivity index (χ2n) is 4.40. The molecule has 17 heavy (non-hydrogen) atoms. The van der Waals surface area contributed by atoms with E-state index in [2.05, 4.69) is 31.2 Å². The summed E-state index contributed by atoms with van der Waals surface area (Å²) in [6.45, 7) is 2.35. The van der Waals surface area contributed by atoms with Crippen LogP contribution in [0, 0.1) is 0 Å². The van der Waals surface area contributed by atoms with Crippen molar-refractivity contribution in [1.82, 2.24) is 0 Å². The first-order valence-electron chi connectivity index (χ1n) is 6.03. The van der Waals surface area contributed by atoms with Crippen LogP contribution in [0.4, 0.5) is 0 Å². The predicted molar refractivity (Wildman–Crippen MR) is 71.1 cm³/mol. The third-order valence-electron chi connectivity index (χ3n) is 3.35. The van der Waals surface area contributed by atoms with Crippen LogP contribution in [-0.2, 0) is 0 Å². The molecule has 0 saturated carbocycles. The van der Waals surface area contributed by atoms with Gasteiger partial charge in [-0.05, 0) is 17.0 Å². The van der Waals surface area contributed by atoms with Crippen molar-refractivity contribution >= 4 is 0 Å². The molecule has 2 aromatic rings. The third-order valence-corrected chi connectivity index (χ3v) is 3.35. The van der Waals surface area contributed by atoms with Crippen LogP contribution in [0.5, 0.6) is 0 Å². The van der Waals surface area contributed by atoms with Crippen LogP contribution in [0.15, 0.2) is 60.7 Å². The predicted octanol–water partition coefficient (Wildman–Crippen LogP) is 3.57. The molecular formula is C16H18O. The zero-order valence-electron chi connectivity index (χ0n) is 10.1. The fraction of sp³-hybridized carbons (Fsp3) is 0.250. The molecule has 0 amide bonds. The first-order chi connectivity index (χ1) is 8.33. The fourth-order valence-corrected chi connectivity index (χ4v) is 2.24. The van der Waals surface area contributed by atoms with E-state index in [4.69, 9.17) is 0 Å². The Morgan fingerprint density at radius 3 is 1.76 bits per heavy atom. The van der Waals surface area contributed by atoms with Gasteiger partial charge in [0.05, 0.1) is 6.61 Å². The molecule has 88 valence electrons. The van der Waals surface area contributed by atoms with E-state index < -0.39 is 0 Å². The molecule has 2 aromatic carbocycles. The van der Waals surface area contributed by atoms with Crippen molar-refractivity contribution in [2.24, 2.45) is 0 Å². The summed E-state index contributed by atoms with van der Waals surface area (Å²) in [7, 11) is 0. The molecule has 2 rings (SSSR count). The lowest BCUT2D eigenvalue weighted by molar-refractivity contribution is 0.251. The smallest absolute Gasteiger partial charge is 0.0505 e. The van der Waals surface area contributed by atoms with Crippen LogP contribution in [-0.4, -0.2) is 11.7 Å². The second kappa shape index (κ2) is 5.65. The van der Waals surface area contributed by atoms with E-state index >= 15 is 0 Å². The number of hydrogen-bond donors (Lipinski definition) is 1. The molecule has 0 aromatic heterocycles. The second-order valence-corrected chi connectivity index (χ2v) is 4.40. The van der Waals surface area contributed by atoms with Gasteiger partial charge in [-0.2, -0.15) is 0 Å². The van der Waals surface area contributed by atoms with Gasteiger partial charge < -0.3 is 5.11 Å². The monoisotopic (exact) mass is 226 g/mol. The van der Waals surface area contributed by atoms with Gasteiger partial charge in [-0.15, -0.1) is 0 Å². The SMILES string of the molecule is C[C@@H](c1ccccc1)[C@@H](CO)c1ccccc1. The first kappa shape index (κ1) is 11.9. The molecule has 1 nitrogen and oxygen atoms in total. The highest BCUT2D eigenvalue weighted by molar-refractivity contribution is 5.28. The molecule has 1 heteroatoms. The van der Waals surface area contributed by atoms with Gasteiger partial charge >= 0.3 is 0 Å². The van der Waals surface area contributed by atoms with Crippen LogP contribution >= 0.6 is 0 Å². The van der Waals surface area contributed by atoms with E-state index in [-0.39, 0.29) is 12.5 Å². The molecule has 2 atom stereocenters. The lowest BCUT2D eigenvalue weighted by atomic mass is 9.83. The van der Waals surface area contributed by atoms with Gasteiger partial charge in [-0.1, -0.05) is 67.6 Å². The summed E-state index contributed by atoms with van der Waals surface area (Å²) >= 11 is 0. The zero-order valence-corrected chi connectivity index (χ0v) is 10.1. The number of benzene rings is 2. The molecule has 0 fully saturated rings. The van der Waals surface area contributed by atoms with Gasteiger partial charge in [0.15, 0.2) is 0 Å². The Morgan fingerprint density at radius 2 is 1.29 bits per heavy atom. The standard InChI is InChI=1S/C16H18O/c1-13(14-8-4-2-5-9-14)16(12-17)15-10-6-3-7-11-15/h2-11,13,16-17H,12H2,1H3/t13-,16+/m0/s1. The highest BCUT2D eigenvalue weighted by Gasteiger charge is 2.19. The summed E-state index contributed by atoms with van der Waals surface area (Å²) < 4.78 is 0. The lowest BCUT2D eigenvalue weighted by Gasteiger charge is -2.22. The van der Waals surface area contributed by atoms with Crippen molar-refractivity contribution in [3.05, 3.63) is 71.8 Å².